The molecule has 0 saturated heterocycles. The minimum absolute atomic E-state index is 0.635. The maximum Gasteiger partial charge on any atom is 0.143 e. The lowest BCUT2D eigenvalue weighted by atomic mass is 9.91. The number of nitrogens with zero attached hydrogens (tertiary/aromatic N) is 2. The summed E-state index contributed by atoms with van der Waals surface area (Å²) in [5, 5.41) is 16.1. The predicted molar refractivity (Wildman–Crippen MR) is 174 cm³/mol. The highest BCUT2D eigenvalue weighted by atomic mass is 16.3. The van der Waals surface area contributed by atoms with E-state index in [1.807, 2.05) is 48.5 Å². The van der Waals surface area contributed by atoms with E-state index in [-0.39, 0.29) is 0 Å². The third kappa shape index (κ3) is 3.82. The average molecular weight is 537 g/mol. The minimum atomic E-state index is 0.635. The van der Waals surface area contributed by atoms with Gasteiger partial charge in [0.05, 0.1) is 11.6 Å². The van der Waals surface area contributed by atoms with Crippen molar-refractivity contribution < 1.29 is 4.42 Å². The number of para-hydroxylation sites is 3. The molecule has 0 radical (unpaired) electrons. The normalized spacial score (nSPS) is 11.3. The molecule has 8 rings (SSSR count). The van der Waals surface area contributed by atoms with Crippen molar-refractivity contribution in [3.63, 3.8) is 0 Å². The van der Waals surface area contributed by atoms with E-state index in [9.17, 15) is 5.26 Å². The summed E-state index contributed by atoms with van der Waals surface area (Å²) in [7, 11) is 0. The van der Waals surface area contributed by atoms with Crippen molar-refractivity contribution in [3.05, 3.63) is 151 Å². The molecule has 0 bridgehead atoms. The highest BCUT2D eigenvalue weighted by Crippen LogP contribution is 2.43. The quantitative estimate of drug-likeness (QED) is 0.210. The van der Waals surface area contributed by atoms with E-state index in [2.05, 4.69) is 108 Å². The molecule has 0 aliphatic heterocycles. The average Bonchev–Trinajstić information content (AvgIpc) is 3.44. The molecular weight excluding hydrogens is 512 g/mol. The highest BCUT2D eigenvalue weighted by Gasteiger charge is 2.17. The van der Waals surface area contributed by atoms with Crippen molar-refractivity contribution in [3.8, 4) is 17.2 Å². The first-order valence-electron chi connectivity index (χ1n) is 14.0. The number of fused-ring (bicyclic) bond motifs is 7. The molecule has 8 aromatic rings. The van der Waals surface area contributed by atoms with Crippen LogP contribution >= 0.6 is 0 Å². The zero-order valence-corrected chi connectivity index (χ0v) is 22.7. The Labute approximate surface area is 243 Å². The first kappa shape index (κ1) is 24.0. The highest BCUT2D eigenvalue weighted by molar-refractivity contribution is 6.26. The van der Waals surface area contributed by atoms with Crippen LogP contribution in [0.25, 0.3) is 54.6 Å². The van der Waals surface area contributed by atoms with Crippen LogP contribution in [0.2, 0.25) is 0 Å². The second-order valence-corrected chi connectivity index (χ2v) is 10.5. The van der Waals surface area contributed by atoms with Gasteiger partial charge in [0, 0.05) is 33.2 Å². The number of rotatable bonds is 4. The zero-order valence-electron chi connectivity index (χ0n) is 22.7. The SMILES string of the molecule is N#Cc1ccc2cc(-c3ccc(N(c4ccccc4)c4ccccc4)cc3)c3ccc4c5ccccc5oc4c3c2c1. The number of hydrogen-bond acceptors (Lipinski definition) is 3. The van der Waals surface area contributed by atoms with Crippen LogP contribution in [0, 0.1) is 11.3 Å². The zero-order chi connectivity index (χ0) is 28.0. The molecule has 0 aliphatic carbocycles. The molecule has 0 spiro atoms. The van der Waals surface area contributed by atoms with Crippen molar-refractivity contribution >= 4 is 60.5 Å². The van der Waals surface area contributed by atoms with Crippen LogP contribution in [0.15, 0.2) is 150 Å². The van der Waals surface area contributed by atoms with Crippen molar-refractivity contribution in [1.29, 1.82) is 5.26 Å². The van der Waals surface area contributed by atoms with Gasteiger partial charge < -0.3 is 9.32 Å². The molecule has 1 aromatic heterocycles. The molecule has 0 atom stereocenters. The maximum absolute atomic E-state index is 9.69. The molecule has 3 nitrogen and oxygen atoms in total. The third-order valence-corrected chi connectivity index (χ3v) is 8.05. The van der Waals surface area contributed by atoms with Gasteiger partial charge in [-0.25, -0.2) is 0 Å². The van der Waals surface area contributed by atoms with Crippen LogP contribution in [-0.2, 0) is 0 Å². The summed E-state index contributed by atoms with van der Waals surface area (Å²) in [5.74, 6) is 0. The van der Waals surface area contributed by atoms with Gasteiger partial charge in [0.25, 0.3) is 0 Å². The van der Waals surface area contributed by atoms with Crippen LogP contribution in [0.1, 0.15) is 5.56 Å². The van der Waals surface area contributed by atoms with Gasteiger partial charge in [-0.3, -0.25) is 0 Å². The molecule has 196 valence electrons. The monoisotopic (exact) mass is 536 g/mol. The topological polar surface area (TPSA) is 40.2 Å². The third-order valence-electron chi connectivity index (χ3n) is 8.05. The Morgan fingerprint density at radius 2 is 1.17 bits per heavy atom. The standard InChI is InChI=1S/C39H24N2O/c40-25-26-15-16-28-24-35(33-21-22-34-32-13-7-8-14-37(32)42-39(34)38(33)36(28)23-26)27-17-19-31(20-18-27)41(29-9-3-1-4-10-29)30-11-5-2-6-12-30/h1-24H. The van der Waals surface area contributed by atoms with E-state index in [0.717, 1.165) is 71.7 Å². The molecule has 0 N–H and O–H groups in total. The number of benzene rings is 7. The van der Waals surface area contributed by atoms with Gasteiger partial charge in [-0.05, 0) is 94.0 Å². The van der Waals surface area contributed by atoms with Crippen LogP contribution in [0.4, 0.5) is 17.1 Å². The fourth-order valence-electron chi connectivity index (χ4n) is 6.11. The molecular formula is C39H24N2O. The van der Waals surface area contributed by atoms with Gasteiger partial charge in [-0.2, -0.15) is 5.26 Å². The summed E-state index contributed by atoms with van der Waals surface area (Å²) >= 11 is 0. The lowest BCUT2D eigenvalue weighted by Gasteiger charge is -2.25. The Hall–Kier alpha value is -5.85. The van der Waals surface area contributed by atoms with Gasteiger partial charge in [0.1, 0.15) is 11.2 Å². The first-order valence-corrected chi connectivity index (χ1v) is 14.0. The van der Waals surface area contributed by atoms with Crippen LogP contribution in [0.5, 0.6) is 0 Å². The van der Waals surface area contributed by atoms with Crippen LogP contribution in [-0.4, -0.2) is 0 Å². The van der Waals surface area contributed by atoms with Gasteiger partial charge in [0.2, 0.25) is 0 Å². The smallest absolute Gasteiger partial charge is 0.143 e. The first-order chi connectivity index (χ1) is 20.8. The summed E-state index contributed by atoms with van der Waals surface area (Å²) in [5.41, 5.74) is 7.89. The van der Waals surface area contributed by atoms with Gasteiger partial charge >= 0.3 is 0 Å². The largest absolute Gasteiger partial charge is 0.455 e. The molecule has 0 fully saturated rings. The van der Waals surface area contributed by atoms with Gasteiger partial charge in [0.15, 0.2) is 0 Å². The van der Waals surface area contributed by atoms with E-state index in [4.69, 9.17) is 4.42 Å². The molecule has 0 unspecified atom stereocenters. The Balaban J connectivity index is 1.35. The minimum Gasteiger partial charge on any atom is -0.455 e. The summed E-state index contributed by atoms with van der Waals surface area (Å²) in [6, 6.07) is 52.6. The predicted octanol–water partition coefficient (Wildman–Crippen LogP) is 10.9. The molecule has 0 aliphatic rings. The number of anilines is 3. The Kier molecular flexibility index (Phi) is 5.52. The second-order valence-electron chi connectivity index (χ2n) is 10.5. The Morgan fingerprint density at radius 1 is 0.524 bits per heavy atom. The van der Waals surface area contributed by atoms with Gasteiger partial charge in [-0.15, -0.1) is 0 Å². The maximum atomic E-state index is 9.69. The molecule has 1 heterocycles. The van der Waals surface area contributed by atoms with E-state index < -0.39 is 0 Å². The summed E-state index contributed by atoms with van der Waals surface area (Å²) < 4.78 is 6.50. The number of furan rings is 1. The number of nitriles is 1. The molecule has 0 amide bonds. The van der Waals surface area contributed by atoms with Crippen molar-refractivity contribution in [2.75, 3.05) is 4.90 Å². The molecule has 0 saturated carbocycles. The Bertz CT molecular complexity index is 2260. The number of hydrogen-bond donors (Lipinski definition) is 0. The fraction of sp³-hybridized carbons (Fsp3) is 0. The lowest BCUT2D eigenvalue weighted by Crippen LogP contribution is -2.09. The summed E-state index contributed by atoms with van der Waals surface area (Å²) in [4.78, 5) is 2.27. The summed E-state index contributed by atoms with van der Waals surface area (Å²) in [6.45, 7) is 0. The second kappa shape index (κ2) is 9.66. The summed E-state index contributed by atoms with van der Waals surface area (Å²) in [6.07, 6.45) is 0. The van der Waals surface area contributed by atoms with E-state index >= 15 is 0 Å². The van der Waals surface area contributed by atoms with Crippen molar-refractivity contribution in [2.24, 2.45) is 0 Å². The van der Waals surface area contributed by atoms with E-state index in [0.29, 0.717) is 5.56 Å². The fourth-order valence-corrected chi connectivity index (χ4v) is 6.11. The van der Waals surface area contributed by atoms with Crippen molar-refractivity contribution in [2.45, 2.75) is 0 Å². The van der Waals surface area contributed by atoms with Crippen LogP contribution in [0.3, 0.4) is 0 Å². The molecule has 7 aromatic carbocycles. The lowest BCUT2D eigenvalue weighted by molar-refractivity contribution is 0.673. The van der Waals surface area contributed by atoms with Gasteiger partial charge in [-0.1, -0.05) is 78.9 Å². The Morgan fingerprint density at radius 3 is 1.88 bits per heavy atom. The molecule has 42 heavy (non-hydrogen) atoms. The van der Waals surface area contributed by atoms with E-state index in [1.54, 1.807) is 0 Å². The van der Waals surface area contributed by atoms with Crippen LogP contribution < -0.4 is 4.90 Å². The van der Waals surface area contributed by atoms with E-state index in [1.165, 1.54) is 0 Å². The molecule has 3 heteroatoms. The van der Waals surface area contributed by atoms with Crippen molar-refractivity contribution in [1.82, 2.24) is 0 Å².